The van der Waals surface area contributed by atoms with Gasteiger partial charge in [0.05, 0.1) is 36.9 Å². The number of rotatable bonds is 3. The summed E-state index contributed by atoms with van der Waals surface area (Å²) < 4.78 is 13.4. The van der Waals surface area contributed by atoms with Crippen LogP contribution in [0.25, 0.3) is 16.9 Å². The zero-order chi connectivity index (χ0) is 19.0. The molecule has 27 heavy (non-hydrogen) atoms. The number of fused-ring (bicyclic) bond motifs is 1. The van der Waals surface area contributed by atoms with E-state index in [2.05, 4.69) is 34.8 Å². The van der Waals surface area contributed by atoms with Crippen molar-refractivity contribution in [3.8, 4) is 22.7 Å². The topological polar surface area (TPSA) is 49.2 Å². The minimum absolute atomic E-state index is 0.168. The van der Waals surface area contributed by atoms with Crippen molar-refractivity contribution in [3.63, 3.8) is 0 Å². The quantitative estimate of drug-likeness (QED) is 0.704. The molecule has 5 heteroatoms. The Morgan fingerprint density at radius 3 is 2.67 bits per heavy atom. The van der Waals surface area contributed by atoms with Gasteiger partial charge in [-0.1, -0.05) is 6.07 Å². The van der Waals surface area contributed by atoms with E-state index in [1.807, 2.05) is 32.0 Å². The predicted molar refractivity (Wildman–Crippen MR) is 106 cm³/mol. The van der Waals surface area contributed by atoms with Crippen molar-refractivity contribution in [2.24, 2.45) is 0 Å². The second-order valence-electron chi connectivity index (χ2n) is 7.16. The van der Waals surface area contributed by atoms with Gasteiger partial charge in [-0.3, -0.25) is 4.98 Å². The van der Waals surface area contributed by atoms with Crippen molar-refractivity contribution in [3.05, 3.63) is 59.0 Å². The lowest BCUT2D eigenvalue weighted by Gasteiger charge is -2.12. The van der Waals surface area contributed by atoms with Gasteiger partial charge in [-0.05, 0) is 51.5 Å². The molecule has 3 aromatic rings. The Kier molecular flexibility index (Phi) is 4.70. The molecule has 0 saturated heterocycles. The zero-order valence-electron chi connectivity index (χ0n) is 16.3. The van der Waals surface area contributed by atoms with E-state index in [4.69, 9.17) is 14.6 Å². The van der Waals surface area contributed by atoms with Crippen LogP contribution in [0.4, 0.5) is 0 Å². The summed E-state index contributed by atoms with van der Waals surface area (Å²) >= 11 is 0. The highest BCUT2D eigenvalue weighted by atomic mass is 16.5. The number of aromatic nitrogens is 3. The van der Waals surface area contributed by atoms with Crippen molar-refractivity contribution in [1.29, 1.82) is 0 Å². The Bertz CT molecular complexity index is 957. The van der Waals surface area contributed by atoms with Crippen LogP contribution in [0.3, 0.4) is 0 Å². The monoisotopic (exact) mass is 363 g/mol. The van der Waals surface area contributed by atoms with Gasteiger partial charge < -0.3 is 9.47 Å². The number of ether oxygens (including phenoxy) is 2. The molecule has 2 aromatic heterocycles. The normalized spacial score (nSPS) is 16.7. The van der Waals surface area contributed by atoms with E-state index in [0.29, 0.717) is 6.61 Å². The summed E-state index contributed by atoms with van der Waals surface area (Å²) in [4.78, 5) is 4.51. The Morgan fingerprint density at radius 2 is 1.93 bits per heavy atom. The van der Waals surface area contributed by atoms with Crippen molar-refractivity contribution in [2.75, 3.05) is 13.7 Å². The molecule has 1 aromatic carbocycles. The highest BCUT2D eigenvalue weighted by Crippen LogP contribution is 2.32. The summed E-state index contributed by atoms with van der Waals surface area (Å²) in [5, 5.41) is 5.04. The molecule has 0 aliphatic carbocycles. The lowest BCUT2D eigenvalue weighted by atomic mass is 10.0. The lowest BCUT2D eigenvalue weighted by molar-refractivity contribution is 0.0735. The number of benzene rings is 1. The number of methoxy groups -OCH3 is 1. The lowest BCUT2D eigenvalue weighted by Crippen LogP contribution is -2.13. The average Bonchev–Trinajstić information content (AvgIpc) is 2.88. The van der Waals surface area contributed by atoms with E-state index in [1.54, 1.807) is 7.11 Å². The van der Waals surface area contributed by atoms with Crippen LogP contribution in [-0.4, -0.2) is 34.6 Å². The maximum absolute atomic E-state index is 5.94. The Hall–Kier alpha value is -2.66. The van der Waals surface area contributed by atoms with E-state index in [9.17, 15) is 0 Å². The third kappa shape index (κ3) is 3.47. The van der Waals surface area contributed by atoms with Crippen LogP contribution in [0.1, 0.15) is 29.6 Å². The smallest absolute Gasteiger partial charge is 0.121 e. The first-order valence-electron chi connectivity index (χ1n) is 9.37. The predicted octanol–water partition coefficient (Wildman–Crippen LogP) is 4.06. The van der Waals surface area contributed by atoms with Crippen LogP contribution < -0.4 is 4.74 Å². The third-order valence-corrected chi connectivity index (χ3v) is 4.98. The molecule has 5 nitrogen and oxygen atoms in total. The molecular formula is C22H25N3O2. The van der Waals surface area contributed by atoms with Gasteiger partial charge in [0.15, 0.2) is 0 Å². The van der Waals surface area contributed by atoms with E-state index >= 15 is 0 Å². The van der Waals surface area contributed by atoms with E-state index in [1.165, 1.54) is 11.3 Å². The van der Waals surface area contributed by atoms with Crippen molar-refractivity contribution in [2.45, 2.75) is 39.7 Å². The number of hydrogen-bond acceptors (Lipinski definition) is 4. The fraction of sp³-hybridized carbons (Fsp3) is 0.364. The second kappa shape index (κ2) is 7.16. The van der Waals surface area contributed by atoms with E-state index in [-0.39, 0.29) is 6.10 Å². The Balaban J connectivity index is 1.92. The highest BCUT2D eigenvalue weighted by molar-refractivity contribution is 5.66. The molecule has 4 rings (SSSR count). The first-order valence-corrected chi connectivity index (χ1v) is 9.37. The average molecular weight is 363 g/mol. The summed E-state index contributed by atoms with van der Waals surface area (Å²) in [5.74, 6) is 0.826. The molecule has 0 saturated carbocycles. The van der Waals surface area contributed by atoms with Crippen LogP contribution >= 0.6 is 0 Å². The van der Waals surface area contributed by atoms with Crippen LogP contribution in [0.2, 0.25) is 0 Å². The molecular weight excluding hydrogens is 338 g/mol. The van der Waals surface area contributed by atoms with Gasteiger partial charge in [-0.15, -0.1) is 0 Å². The number of nitrogens with zero attached hydrogens (tertiary/aromatic N) is 3. The molecule has 140 valence electrons. The molecule has 0 amide bonds. The molecule has 0 spiro atoms. The summed E-state index contributed by atoms with van der Waals surface area (Å²) in [7, 11) is 1.69. The van der Waals surface area contributed by atoms with Crippen molar-refractivity contribution < 1.29 is 9.47 Å². The molecule has 1 atom stereocenters. The van der Waals surface area contributed by atoms with Crippen LogP contribution in [0.5, 0.6) is 5.75 Å². The van der Waals surface area contributed by atoms with Crippen LogP contribution in [0.15, 0.2) is 36.4 Å². The minimum Gasteiger partial charge on any atom is -0.497 e. The standard InChI is InChI=1S/C22H25N3O2/c1-14-10-17(11-15(2)23-14)22-20-8-9-27-16(3)12-21(20)25(24-22)18-6-5-7-19(13-18)26-4/h5-7,10-11,13,16H,8-9,12H2,1-4H3/t16-/m1/s1. The fourth-order valence-corrected chi connectivity index (χ4v) is 3.81. The SMILES string of the molecule is COc1cccc(-n2nc(-c3cc(C)nc(C)c3)c3c2C[C@@H](C)OCC3)c1. The fourth-order valence-electron chi connectivity index (χ4n) is 3.81. The maximum Gasteiger partial charge on any atom is 0.121 e. The molecule has 3 heterocycles. The van der Waals surface area contributed by atoms with E-state index < -0.39 is 0 Å². The third-order valence-electron chi connectivity index (χ3n) is 4.98. The first-order chi connectivity index (χ1) is 13.0. The summed E-state index contributed by atoms with van der Waals surface area (Å²) in [6.07, 6.45) is 1.86. The van der Waals surface area contributed by atoms with Crippen LogP contribution in [0, 0.1) is 13.8 Å². The summed E-state index contributed by atoms with van der Waals surface area (Å²) in [6, 6.07) is 12.3. The molecule has 0 N–H and O–H groups in total. The summed E-state index contributed by atoms with van der Waals surface area (Å²) in [6.45, 7) is 6.89. The molecule has 0 bridgehead atoms. The molecule has 0 fully saturated rings. The largest absolute Gasteiger partial charge is 0.497 e. The molecule has 1 aliphatic rings. The first kappa shape index (κ1) is 17.7. The van der Waals surface area contributed by atoms with Crippen molar-refractivity contribution >= 4 is 0 Å². The van der Waals surface area contributed by atoms with Gasteiger partial charge >= 0.3 is 0 Å². The van der Waals surface area contributed by atoms with Gasteiger partial charge in [0.25, 0.3) is 0 Å². The van der Waals surface area contributed by atoms with Crippen LogP contribution in [-0.2, 0) is 17.6 Å². The van der Waals surface area contributed by atoms with Gasteiger partial charge in [0.1, 0.15) is 5.75 Å². The summed E-state index contributed by atoms with van der Waals surface area (Å²) in [5.41, 5.74) is 7.66. The zero-order valence-corrected chi connectivity index (χ0v) is 16.3. The van der Waals surface area contributed by atoms with E-state index in [0.717, 1.165) is 46.9 Å². The highest BCUT2D eigenvalue weighted by Gasteiger charge is 2.25. The van der Waals surface area contributed by atoms with Gasteiger partial charge in [-0.25, -0.2) is 4.68 Å². The number of aryl methyl sites for hydroxylation is 2. The minimum atomic E-state index is 0.168. The maximum atomic E-state index is 5.94. The van der Waals surface area contributed by atoms with Crippen molar-refractivity contribution in [1.82, 2.24) is 14.8 Å². The van der Waals surface area contributed by atoms with Gasteiger partial charge in [0.2, 0.25) is 0 Å². The number of pyridine rings is 1. The molecule has 0 unspecified atom stereocenters. The Labute approximate surface area is 160 Å². The van der Waals surface area contributed by atoms with Gasteiger partial charge in [0, 0.05) is 35.0 Å². The molecule has 1 aliphatic heterocycles. The number of hydrogen-bond donors (Lipinski definition) is 0. The molecule has 0 radical (unpaired) electrons. The van der Waals surface area contributed by atoms with Gasteiger partial charge in [-0.2, -0.15) is 5.10 Å². The Morgan fingerprint density at radius 1 is 1.15 bits per heavy atom. The second-order valence-corrected chi connectivity index (χ2v) is 7.16.